The first-order valence-electron chi connectivity index (χ1n) is 13.3. The molecule has 2 aliphatic rings. The lowest BCUT2D eigenvalue weighted by Gasteiger charge is -2.37. The predicted molar refractivity (Wildman–Crippen MR) is 145 cm³/mol. The van der Waals surface area contributed by atoms with Crippen molar-refractivity contribution < 1.29 is 23.1 Å². The Hall–Kier alpha value is -2.93. The second kappa shape index (κ2) is 12.3. The van der Waals surface area contributed by atoms with Crippen LogP contribution in [0, 0.1) is 23.7 Å². The number of aromatic nitrogens is 1. The van der Waals surface area contributed by atoms with E-state index in [0.29, 0.717) is 17.2 Å². The molecule has 0 spiro atoms. The summed E-state index contributed by atoms with van der Waals surface area (Å²) in [5.41, 5.74) is 1.01. The third-order valence-corrected chi connectivity index (χ3v) is 9.47. The minimum atomic E-state index is -3.94. The lowest BCUT2D eigenvalue weighted by Crippen LogP contribution is -2.50. The maximum absolute atomic E-state index is 13.7. The van der Waals surface area contributed by atoms with Crippen LogP contribution in [0.4, 0.5) is 0 Å². The van der Waals surface area contributed by atoms with Crippen molar-refractivity contribution in [2.45, 2.75) is 63.0 Å². The fourth-order valence-electron chi connectivity index (χ4n) is 5.07. The number of aliphatic hydroxyl groups is 1. The number of hydrogen-bond acceptors (Lipinski definition) is 6. The summed E-state index contributed by atoms with van der Waals surface area (Å²) in [6.45, 7) is 3.64. The van der Waals surface area contributed by atoms with Crippen molar-refractivity contribution in [1.29, 1.82) is 0 Å². The number of benzene rings is 1. The van der Waals surface area contributed by atoms with E-state index in [-0.39, 0.29) is 42.2 Å². The van der Waals surface area contributed by atoms with Crippen LogP contribution >= 0.6 is 0 Å². The Balaban J connectivity index is 1.66. The van der Waals surface area contributed by atoms with E-state index in [1.54, 1.807) is 55.4 Å². The Morgan fingerprint density at radius 1 is 1.26 bits per heavy atom. The van der Waals surface area contributed by atoms with Crippen LogP contribution in [0.1, 0.15) is 62.0 Å². The van der Waals surface area contributed by atoms with Gasteiger partial charge in [-0.3, -0.25) is 9.78 Å². The average molecular weight is 540 g/mol. The standard InChI is InChI=1S/C29H37N3O5S/c1-21-18-32(22(2)20-33)38(35,36)28-15-14-24(12-8-11-23-9-4-5-10-23)17-26(28)37-27(21)19-31(3)29(34)25-13-6-7-16-30-25/h6-7,13-17,21-23,27,33H,4-5,9-11,18-20H2,1-3H3/t21-,22+,27+/m0/s1. The third kappa shape index (κ3) is 6.37. The lowest BCUT2D eigenvalue weighted by molar-refractivity contribution is 0.0559. The molecule has 2 aromatic rings. The molecule has 1 aromatic heterocycles. The van der Waals surface area contributed by atoms with Crippen LogP contribution in [0.5, 0.6) is 5.75 Å². The number of hydrogen-bond donors (Lipinski definition) is 1. The minimum Gasteiger partial charge on any atom is -0.487 e. The van der Waals surface area contributed by atoms with E-state index in [4.69, 9.17) is 4.74 Å². The lowest BCUT2D eigenvalue weighted by atomic mass is 10.0. The predicted octanol–water partition coefficient (Wildman–Crippen LogP) is 3.55. The average Bonchev–Trinajstić information content (AvgIpc) is 3.43. The van der Waals surface area contributed by atoms with E-state index >= 15 is 0 Å². The molecule has 1 aromatic carbocycles. The SMILES string of the molecule is C[C@H](CO)N1C[C@H](C)[C@@H](CN(C)C(=O)c2ccccn2)Oc2cc(C#CCC3CCCC3)ccc2S1(=O)=O. The number of sulfonamides is 1. The highest BCUT2D eigenvalue weighted by Crippen LogP contribution is 2.34. The number of aliphatic hydroxyl groups excluding tert-OH is 1. The molecule has 1 amide bonds. The Morgan fingerprint density at radius 2 is 2.03 bits per heavy atom. The number of ether oxygens (including phenoxy) is 1. The molecule has 2 heterocycles. The van der Waals surface area contributed by atoms with Gasteiger partial charge in [-0.1, -0.05) is 37.7 Å². The highest BCUT2D eigenvalue weighted by Gasteiger charge is 2.38. The summed E-state index contributed by atoms with van der Waals surface area (Å²) < 4.78 is 35.0. The van der Waals surface area contributed by atoms with Crippen molar-refractivity contribution in [3.63, 3.8) is 0 Å². The smallest absolute Gasteiger partial charge is 0.272 e. The van der Waals surface area contributed by atoms with E-state index in [2.05, 4.69) is 16.8 Å². The van der Waals surface area contributed by atoms with Crippen molar-refractivity contribution in [2.75, 3.05) is 26.7 Å². The van der Waals surface area contributed by atoms with Crippen molar-refractivity contribution in [3.05, 3.63) is 53.9 Å². The van der Waals surface area contributed by atoms with Crippen molar-refractivity contribution in [1.82, 2.24) is 14.2 Å². The van der Waals surface area contributed by atoms with Gasteiger partial charge in [-0.15, -0.1) is 0 Å². The number of carbonyl (C=O) groups excluding carboxylic acids is 1. The largest absolute Gasteiger partial charge is 0.487 e. The van der Waals surface area contributed by atoms with E-state index in [9.17, 15) is 18.3 Å². The molecule has 38 heavy (non-hydrogen) atoms. The van der Waals surface area contributed by atoms with Gasteiger partial charge in [0.2, 0.25) is 10.0 Å². The molecular formula is C29H37N3O5S. The molecule has 0 unspecified atom stereocenters. The van der Waals surface area contributed by atoms with Crippen molar-refractivity contribution in [2.24, 2.45) is 11.8 Å². The number of amides is 1. The monoisotopic (exact) mass is 539 g/mol. The Kier molecular flexibility index (Phi) is 9.08. The zero-order chi connectivity index (χ0) is 27.3. The van der Waals surface area contributed by atoms with Gasteiger partial charge in [0.25, 0.3) is 5.91 Å². The summed E-state index contributed by atoms with van der Waals surface area (Å²) in [5.74, 6) is 6.77. The molecule has 1 N–H and O–H groups in total. The molecule has 0 radical (unpaired) electrons. The molecule has 1 aliphatic carbocycles. The van der Waals surface area contributed by atoms with E-state index in [1.165, 1.54) is 36.1 Å². The zero-order valence-corrected chi connectivity index (χ0v) is 23.2. The first-order valence-corrected chi connectivity index (χ1v) is 14.7. The Labute approximate surface area is 226 Å². The van der Waals surface area contributed by atoms with Crippen LogP contribution in [0.2, 0.25) is 0 Å². The van der Waals surface area contributed by atoms with Crippen LogP contribution in [-0.4, -0.2) is 72.5 Å². The summed E-state index contributed by atoms with van der Waals surface area (Å²) in [6.07, 6.45) is 6.84. The molecule has 1 fully saturated rings. The van der Waals surface area contributed by atoms with Gasteiger partial charge in [0, 0.05) is 43.7 Å². The van der Waals surface area contributed by atoms with Crippen LogP contribution in [0.15, 0.2) is 47.5 Å². The second-order valence-corrected chi connectivity index (χ2v) is 12.3. The van der Waals surface area contributed by atoms with Gasteiger partial charge in [0.15, 0.2) is 0 Å². The normalized spacial score (nSPS) is 22.2. The van der Waals surface area contributed by atoms with Crippen molar-refractivity contribution in [3.8, 4) is 17.6 Å². The van der Waals surface area contributed by atoms with Gasteiger partial charge < -0.3 is 14.7 Å². The van der Waals surface area contributed by atoms with Gasteiger partial charge in [0.1, 0.15) is 22.4 Å². The van der Waals surface area contributed by atoms with Gasteiger partial charge >= 0.3 is 0 Å². The summed E-state index contributed by atoms with van der Waals surface area (Å²) in [6, 6.07) is 9.48. The number of rotatable bonds is 6. The number of fused-ring (bicyclic) bond motifs is 1. The number of likely N-dealkylation sites (N-methyl/N-ethyl adjacent to an activating group) is 1. The van der Waals surface area contributed by atoms with E-state index < -0.39 is 22.2 Å². The molecule has 0 saturated heterocycles. The molecule has 4 rings (SSSR count). The fraction of sp³-hybridized carbons (Fsp3) is 0.517. The second-order valence-electron chi connectivity index (χ2n) is 10.5. The van der Waals surface area contributed by atoms with Crippen LogP contribution in [0.3, 0.4) is 0 Å². The highest BCUT2D eigenvalue weighted by molar-refractivity contribution is 7.89. The Morgan fingerprint density at radius 3 is 2.71 bits per heavy atom. The highest BCUT2D eigenvalue weighted by atomic mass is 32.2. The Bertz CT molecular complexity index is 1280. The summed E-state index contributed by atoms with van der Waals surface area (Å²) in [4.78, 5) is 18.7. The molecular weight excluding hydrogens is 502 g/mol. The molecule has 9 heteroatoms. The zero-order valence-electron chi connectivity index (χ0n) is 22.3. The van der Waals surface area contributed by atoms with Crippen LogP contribution in [-0.2, 0) is 10.0 Å². The summed E-state index contributed by atoms with van der Waals surface area (Å²) in [5, 5.41) is 9.84. The molecule has 1 saturated carbocycles. The minimum absolute atomic E-state index is 0.0368. The molecule has 1 aliphatic heterocycles. The van der Waals surface area contributed by atoms with Gasteiger partial charge in [0.05, 0.1) is 13.2 Å². The van der Waals surface area contributed by atoms with Crippen LogP contribution < -0.4 is 4.74 Å². The third-order valence-electron chi connectivity index (χ3n) is 7.45. The number of pyridine rings is 1. The molecule has 8 nitrogen and oxygen atoms in total. The summed E-state index contributed by atoms with van der Waals surface area (Å²) in [7, 11) is -2.26. The molecule has 3 atom stereocenters. The number of carbonyl (C=O) groups is 1. The topological polar surface area (TPSA) is 100 Å². The molecule has 204 valence electrons. The van der Waals surface area contributed by atoms with Crippen molar-refractivity contribution >= 4 is 15.9 Å². The fourth-order valence-corrected chi connectivity index (χ4v) is 6.90. The summed E-state index contributed by atoms with van der Waals surface area (Å²) >= 11 is 0. The maximum Gasteiger partial charge on any atom is 0.272 e. The maximum atomic E-state index is 13.7. The van der Waals surface area contributed by atoms with Gasteiger partial charge in [-0.2, -0.15) is 4.31 Å². The first kappa shape index (κ1) is 28.1. The van der Waals surface area contributed by atoms with Gasteiger partial charge in [-0.25, -0.2) is 8.42 Å². The number of nitrogens with zero attached hydrogens (tertiary/aromatic N) is 3. The van der Waals surface area contributed by atoms with E-state index in [0.717, 1.165) is 6.42 Å². The van der Waals surface area contributed by atoms with E-state index in [1.807, 2.05) is 6.92 Å². The first-order chi connectivity index (χ1) is 18.2. The van der Waals surface area contributed by atoms with Crippen LogP contribution in [0.25, 0.3) is 0 Å². The molecule has 0 bridgehead atoms. The van der Waals surface area contributed by atoms with Gasteiger partial charge in [-0.05, 0) is 56.0 Å². The quantitative estimate of drug-likeness (QED) is 0.564.